The first-order chi connectivity index (χ1) is 12.9. The van der Waals surface area contributed by atoms with Gasteiger partial charge in [-0.1, -0.05) is 41.0 Å². The molecule has 0 bridgehead atoms. The monoisotopic (exact) mass is 420 g/mol. The van der Waals surface area contributed by atoms with Crippen molar-refractivity contribution in [1.82, 2.24) is 14.8 Å². The van der Waals surface area contributed by atoms with Crippen LogP contribution < -0.4 is 5.32 Å². The Morgan fingerprint density at radius 1 is 1.15 bits per heavy atom. The zero-order valence-corrected chi connectivity index (χ0v) is 17.2. The highest BCUT2D eigenvalue weighted by Crippen LogP contribution is 2.21. The average molecular weight is 421 g/mol. The lowest BCUT2D eigenvalue weighted by Gasteiger charge is -2.08. The number of aryl methyl sites for hydroxylation is 1. The van der Waals surface area contributed by atoms with Gasteiger partial charge in [0.1, 0.15) is 0 Å². The highest BCUT2D eigenvalue weighted by Gasteiger charge is 2.13. The summed E-state index contributed by atoms with van der Waals surface area (Å²) in [6, 6.07) is 12.7. The molecule has 0 radical (unpaired) electrons. The largest absolute Gasteiger partial charge is 0.378 e. The highest BCUT2D eigenvalue weighted by atomic mass is 35.5. The molecule has 1 heterocycles. The number of rotatable bonds is 7. The fourth-order valence-corrected chi connectivity index (χ4v) is 3.49. The number of carbonyl (C=O) groups excluding carboxylic acids is 1. The molecule has 0 aliphatic carbocycles. The number of nitrogens with zero attached hydrogens (tertiary/aromatic N) is 3. The molecule has 0 spiro atoms. The number of thioether (sulfide) groups is 1. The van der Waals surface area contributed by atoms with Gasteiger partial charge < -0.3 is 9.88 Å². The Kier molecular flexibility index (Phi) is 6.42. The number of aromatic nitrogens is 3. The summed E-state index contributed by atoms with van der Waals surface area (Å²) in [6.07, 6.45) is 0. The quantitative estimate of drug-likeness (QED) is 0.429. The average Bonchev–Trinajstić information content (AvgIpc) is 3.01. The number of halogens is 2. The smallest absolute Gasteiger partial charge is 0.191 e. The molecule has 8 heteroatoms. The lowest BCUT2D eigenvalue weighted by Crippen LogP contribution is -2.07. The third kappa shape index (κ3) is 5.03. The first-order valence-corrected chi connectivity index (χ1v) is 9.98. The first-order valence-electron chi connectivity index (χ1n) is 8.24. The van der Waals surface area contributed by atoms with E-state index < -0.39 is 0 Å². The van der Waals surface area contributed by atoms with Gasteiger partial charge in [0.25, 0.3) is 0 Å². The molecule has 0 amide bonds. The van der Waals surface area contributed by atoms with Gasteiger partial charge in [-0.05, 0) is 48.9 Å². The number of hydrogen-bond acceptors (Lipinski definition) is 5. The predicted octanol–water partition coefficient (Wildman–Crippen LogP) is 5.02. The Hall–Kier alpha value is -2.02. The molecule has 0 atom stereocenters. The minimum atomic E-state index is 0.0219. The van der Waals surface area contributed by atoms with Gasteiger partial charge >= 0.3 is 0 Å². The zero-order chi connectivity index (χ0) is 19.4. The Labute approximate surface area is 172 Å². The van der Waals surface area contributed by atoms with Crippen molar-refractivity contribution in [2.45, 2.75) is 18.6 Å². The summed E-state index contributed by atoms with van der Waals surface area (Å²) in [6.45, 7) is 2.47. The lowest BCUT2D eigenvalue weighted by molar-refractivity contribution is 0.102. The van der Waals surface area contributed by atoms with Crippen LogP contribution in [0.1, 0.15) is 21.7 Å². The molecule has 1 N–H and O–H groups in total. The van der Waals surface area contributed by atoms with Gasteiger partial charge in [-0.3, -0.25) is 4.79 Å². The van der Waals surface area contributed by atoms with Crippen LogP contribution >= 0.6 is 35.0 Å². The number of ketones is 1. The fourth-order valence-electron chi connectivity index (χ4n) is 2.36. The molecule has 3 rings (SSSR count). The van der Waals surface area contributed by atoms with Crippen LogP contribution in [0.5, 0.6) is 0 Å². The fraction of sp³-hybridized carbons (Fsp3) is 0.211. The number of anilines is 1. The second kappa shape index (κ2) is 8.78. The summed E-state index contributed by atoms with van der Waals surface area (Å²) in [5.41, 5.74) is 2.58. The molecule has 0 saturated carbocycles. The molecule has 1 aromatic heterocycles. The van der Waals surface area contributed by atoms with Gasteiger partial charge in [0.2, 0.25) is 0 Å². The van der Waals surface area contributed by atoms with Crippen LogP contribution in [-0.4, -0.2) is 26.3 Å². The Bertz CT molecular complexity index is 957. The summed E-state index contributed by atoms with van der Waals surface area (Å²) in [5, 5.41) is 13.7. The molecule has 0 unspecified atom stereocenters. The van der Waals surface area contributed by atoms with Crippen molar-refractivity contribution in [3.05, 3.63) is 69.5 Å². The van der Waals surface area contributed by atoms with Gasteiger partial charge in [-0.2, -0.15) is 0 Å². The number of hydrogen-bond donors (Lipinski definition) is 1. The Morgan fingerprint density at radius 3 is 2.59 bits per heavy atom. The van der Waals surface area contributed by atoms with Gasteiger partial charge in [-0.25, -0.2) is 0 Å². The molecule has 0 aliphatic heterocycles. The number of carbonyl (C=O) groups is 1. The van der Waals surface area contributed by atoms with E-state index in [1.807, 2.05) is 36.7 Å². The summed E-state index contributed by atoms with van der Waals surface area (Å²) in [4.78, 5) is 12.3. The van der Waals surface area contributed by atoms with Crippen molar-refractivity contribution in [2.75, 3.05) is 11.1 Å². The standard InChI is InChI=1S/C19H18Cl2N4OS/c1-12-3-8-15(9-16(12)21)22-10-18-23-24-19(25(18)2)27-11-17(26)13-4-6-14(20)7-5-13/h3-9,22H,10-11H2,1-2H3. The van der Waals surface area contributed by atoms with Crippen LogP contribution in [0.25, 0.3) is 0 Å². The molecule has 0 aliphatic rings. The molecule has 5 nitrogen and oxygen atoms in total. The van der Waals surface area contributed by atoms with Crippen molar-refractivity contribution in [3.63, 3.8) is 0 Å². The molecule has 0 saturated heterocycles. The SMILES string of the molecule is Cc1ccc(NCc2nnc(SCC(=O)c3ccc(Cl)cc3)n2C)cc1Cl. The van der Waals surface area contributed by atoms with Crippen molar-refractivity contribution < 1.29 is 4.79 Å². The Morgan fingerprint density at radius 2 is 1.89 bits per heavy atom. The molecule has 2 aromatic carbocycles. The second-order valence-electron chi connectivity index (χ2n) is 5.99. The second-order valence-corrected chi connectivity index (χ2v) is 7.78. The van der Waals surface area contributed by atoms with Crippen molar-refractivity contribution >= 4 is 46.4 Å². The summed E-state index contributed by atoms with van der Waals surface area (Å²) in [5.74, 6) is 1.08. The number of benzene rings is 2. The highest BCUT2D eigenvalue weighted by molar-refractivity contribution is 7.99. The van der Waals surface area contributed by atoms with Crippen LogP contribution in [0.4, 0.5) is 5.69 Å². The van der Waals surface area contributed by atoms with Crippen LogP contribution in [0.3, 0.4) is 0 Å². The van der Waals surface area contributed by atoms with E-state index in [-0.39, 0.29) is 11.5 Å². The minimum Gasteiger partial charge on any atom is -0.378 e. The molecular formula is C19H18Cl2N4OS. The van der Waals surface area contributed by atoms with Gasteiger partial charge in [0, 0.05) is 28.3 Å². The summed E-state index contributed by atoms with van der Waals surface area (Å²) < 4.78 is 1.88. The molecule has 3 aromatic rings. The Balaban J connectivity index is 1.58. The summed E-state index contributed by atoms with van der Waals surface area (Å²) in [7, 11) is 1.88. The van der Waals surface area contributed by atoms with Gasteiger partial charge in [-0.15, -0.1) is 10.2 Å². The lowest BCUT2D eigenvalue weighted by atomic mass is 10.1. The van der Waals surface area contributed by atoms with E-state index in [2.05, 4.69) is 15.5 Å². The van der Waals surface area contributed by atoms with Crippen molar-refractivity contribution in [1.29, 1.82) is 0 Å². The van der Waals surface area contributed by atoms with Crippen molar-refractivity contribution in [3.8, 4) is 0 Å². The number of Topliss-reactive ketones (excluding diaryl/α,β-unsaturated/α-hetero) is 1. The predicted molar refractivity (Wildman–Crippen MR) is 111 cm³/mol. The van der Waals surface area contributed by atoms with E-state index in [1.165, 1.54) is 11.8 Å². The van der Waals surface area contributed by atoms with E-state index in [1.54, 1.807) is 24.3 Å². The number of nitrogens with one attached hydrogen (secondary N) is 1. The van der Waals surface area contributed by atoms with Gasteiger partial charge in [0.15, 0.2) is 16.8 Å². The van der Waals surface area contributed by atoms with Crippen LogP contribution in [0.15, 0.2) is 47.6 Å². The first kappa shape index (κ1) is 19.7. The van der Waals surface area contributed by atoms with Crippen LogP contribution in [0.2, 0.25) is 10.0 Å². The van der Waals surface area contributed by atoms with E-state index in [9.17, 15) is 4.79 Å². The maximum absolute atomic E-state index is 12.3. The van der Waals surface area contributed by atoms with E-state index >= 15 is 0 Å². The summed E-state index contributed by atoms with van der Waals surface area (Å²) >= 11 is 13.4. The molecule has 27 heavy (non-hydrogen) atoms. The van der Waals surface area contributed by atoms with E-state index in [0.717, 1.165) is 22.1 Å². The normalized spacial score (nSPS) is 10.8. The third-order valence-corrected chi connectivity index (χ3v) is 5.73. The zero-order valence-electron chi connectivity index (χ0n) is 14.9. The maximum atomic E-state index is 12.3. The molecular weight excluding hydrogens is 403 g/mol. The van der Waals surface area contributed by atoms with Gasteiger partial charge in [0.05, 0.1) is 12.3 Å². The van der Waals surface area contributed by atoms with Crippen molar-refractivity contribution in [2.24, 2.45) is 7.05 Å². The van der Waals surface area contributed by atoms with E-state index in [4.69, 9.17) is 23.2 Å². The minimum absolute atomic E-state index is 0.0219. The topological polar surface area (TPSA) is 59.8 Å². The maximum Gasteiger partial charge on any atom is 0.191 e. The van der Waals surface area contributed by atoms with Crippen LogP contribution in [-0.2, 0) is 13.6 Å². The molecule has 140 valence electrons. The molecule has 0 fully saturated rings. The third-order valence-electron chi connectivity index (χ3n) is 4.05. The van der Waals surface area contributed by atoms with Crippen LogP contribution in [0, 0.1) is 6.92 Å². The van der Waals surface area contributed by atoms with E-state index in [0.29, 0.717) is 22.3 Å².